The first kappa shape index (κ1) is 23.5. The molecule has 2 aromatic carbocycles. The van der Waals surface area contributed by atoms with Gasteiger partial charge in [-0.15, -0.1) is 0 Å². The highest BCUT2D eigenvalue weighted by Crippen LogP contribution is 2.27. The highest BCUT2D eigenvalue weighted by atomic mass is 16.5. The van der Waals surface area contributed by atoms with Crippen LogP contribution in [-0.2, 0) is 22.5 Å². The molecule has 0 radical (unpaired) electrons. The van der Waals surface area contributed by atoms with E-state index in [2.05, 4.69) is 4.98 Å². The zero-order valence-electron chi connectivity index (χ0n) is 18.8. The second-order valence-corrected chi connectivity index (χ2v) is 7.50. The van der Waals surface area contributed by atoms with Crippen molar-refractivity contribution in [2.75, 3.05) is 13.2 Å². The van der Waals surface area contributed by atoms with Gasteiger partial charge >= 0.3 is 5.97 Å². The van der Waals surface area contributed by atoms with Crippen LogP contribution in [0.1, 0.15) is 44.5 Å². The minimum atomic E-state index is -0.958. The van der Waals surface area contributed by atoms with E-state index in [1.807, 2.05) is 56.3 Å². The van der Waals surface area contributed by atoms with Crippen LogP contribution in [0, 0.1) is 0 Å². The van der Waals surface area contributed by atoms with Gasteiger partial charge in [0.15, 0.2) is 6.10 Å². The molecule has 0 amide bonds. The van der Waals surface area contributed by atoms with Gasteiger partial charge in [-0.1, -0.05) is 38.1 Å². The normalized spacial score (nSPS) is 13.1. The number of rotatable bonds is 11. The lowest BCUT2D eigenvalue weighted by Crippen LogP contribution is -2.30. The number of carboxylic acids is 1. The molecule has 2 unspecified atom stereocenters. The average molecular weight is 439 g/mol. The summed E-state index contributed by atoms with van der Waals surface area (Å²) in [5.41, 5.74) is 1.54. The Kier molecular flexibility index (Phi) is 8.00. The standard InChI is InChI=1S/C25H30N2O5/c1-4-19(23(25(29)30)31-6-3)17-11-13-18(14-12-17)32-16-15-27-22(5-2)26-21-10-8-7-9-20(21)24(27)28/h7-14,19,23H,4-6,15-16H2,1-3H3,(H,29,30). The number of aryl methyl sites for hydroxylation is 1. The first-order valence-corrected chi connectivity index (χ1v) is 11.1. The largest absolute Gasteiger partial charge is 0.492 e. The van der Waals surface area contributed by atoms with E-state index in [4.69, 9.17) is 9.47 Å². The Hall–Kier alpha value is -3.19. The molecule has 0 aliphatic rings. The summed E-state index contributed by atoms with van der Waals surface area (Å²) in [6.07, 6.45) is 0.420. The second kappa shape index (κ2) is 10.9. The van der Waals surface area contributed by atoms with Gasteiger partial charge in [0.05, 0.1) is 17.4 Å². The lowest BCUT2D eigenvalue weighted by molar-refractivity contribution is -0.151. The third-order valence-corrected chi connectivity index (χ3v) is 5.54. The molecule has 170 valence electrons. The van der Waals surface area contributed by atoms with E-state index in [1.54, 1.807) is 17.6 Å². The summed E-state index contributed by atoms with van der Waals surface area (Å²) in [6.45, 7) is 6.77. The number of nitrogens with zero attached hydrogens (tertiary/aromatic N) is 2. The SMILES string of the molecule is CCOC(C(=O)O)C(CC)c1ccc(OCCn2c(CC)nc3ccccc3c2=O)cc1. The molecule has 32 heavy (non-hydrogen) atoms. The van der Waals surface area contributed by atoms with Crippen molar-refractivity contribution >= 4 is 16.9 Å². The van der Waals surface area contributed by atoms with Crippen LogP contribution in [0.15, 0.2) is 53.3 Å². The van der Waals surface area contributed by atoms with Crippen molar-refractivity contribution in [3.05, 3.63) is 70.3 Å². The number of hydrogen-bond donors (Lipinski definition) is 1. The molecule has 3 aromatic rings. The molecule has 1 heterocycles. The lowest BCUT2D eigenvalue weighted by atomic mass is 9.91. The number of benzene rings is 2. The van der Waals surface area contributed by atoms with Gasteiger partial charge in [-0.2, -0.15) is 0 Å². The Bertz CT molecular complexity index is 1110. The minimum absolute atomic E-state index is 0.0622. The van der Waals surface area contributed by atoms with Crippen LogP contribution in [-0.4, -0.2) is 39.9 Å². The number of ether oxygens (including phenoxy) is 2. The van der Waals surface area contributed by atoms with Crippen molar-refractivity contribution < 1.29 is 19.4 Å². The highest BCUT2D eigenvalue weighted by Gasteiger charge is 2.28. The quantitative estimate of drug-likeness (QED) is 0.486. The van der Waals surface area contributed by atoms with Gasteiger partial charge in [0.2, 0.25) is 0 Å². The van der Waals surface area contributed by atoms with E-state index in [0.717, 1.165) is 11.4 Å². The number of carbonyl (C=O) groups is 1. The smallest absolute Gasteiger partial charge is 0.333 e. The molecule has 3 rings (SSSR count). The molecule has 0 fully saturated rings. The van der Waals surface area contributed by atoms with E-state index >= 15 is 0 Å². The Balaban J connectivity index is 1.70. The van der Waals surface area contributed by atoms with Crippen LogP contribution in [0.2, 0.25) is 0 Å². The number of hydrogen-bond acceptors (Lipinski definition) is 5. The summed E-state index contributed by atoms with van der Waals surface area (Å²) in [5, 5.41) is 10.1. The topological polar surface area (TPSA) is 90.7 Å². The molecule has 0 saturated carbocycles. The zero-order valence-corrected chi connectivity index (χ0v) is 18.8. The molecule has 0 aliphatic heterocycles. The van der Waals surface area contributed by atoms with E-state index in [-0.39, 0.29) is 11.5 Å². The van der Waals surface area contributed by atoms with Crippen molar-refractivity contribution in [1.29, 1.82) is 0 Å². The Labute approximate surface area is 187 Å². The van der Waals surface area contributed by atoms with Gasteiger partial charge < -0.3 is 14.6 Å². The van der Waals surface area contributed by atoms with Gasteiger partial charge in [0.25, 0.3) is 5.56 Å². The van der Waals surface area contributed by atoms with Crippen LogP contribution in [0.3, 0.4) is 0 Å². The number of aliphatic carboxylic acids is 1. The minimum Gasteiger partial charge on any atom is -0.492 e. The fourth-order valence-electron chi connectivity index (χ4n) is 3.94. The molecule has 0 spiro atoms. The van der Waals surface area contributed by atoms with Gasteiger partial charge in [-0.25, -0.2) is 9.78 Å². The van der Waals surface area contributed by atoms with Gasteiger partial charge in [-0.05, 0) is 43.2 Å². The third kappa shape index (κ3) is 5.16. The summed E-state index contributed by atoms with van der Waals surface area (Å²) in [7, 11) is 0. The molecule has 1 aromatic heterocycles. The van der Waals surface area contributed by atoms with Crippen LogP contribution < -0.4 is 10.3 Å². The van der Waals surface area contributed by atoms with Crippen LogP contribution in [0.5, 0.6) is 5.75 Å². The Morgan fingerprint density at radius 2 is 1.81 bits per heavy atom. The van der Waals surface area contributed by atoms with Gasteiger partial charge in [0, 0.05) is 18.9 Å². The van der Waals surface area contributed by atoms with Crippen molar-refractivity contribution in [1.82, 2.24) is 9.55 Å². The predicted octanol–water partition coefficient (Wildman–Crippen LogP) is 4.02. The van der Waals surface area contributed by atoms with Gasteiger partial charge in [-0.3, -0.25) is 9.36 Å². The number of carboxylic acid groups (broad SMARTS) is 1. The fraction of sp³-hybridized carbons (Fsp3) is 0.400. The van der Waals surface area contributed by atoms with E-state index in [0.29, 0.717) is 49.3 Å². The van der Waals surface area contributed by atoms with Crippen molar-refractivity contribution in [2.45, 2.75) is 52.2 Å². The lowest BCUT2D eigenvalue weighted by Gasteiger charge is -2.23. The number of para-hydroxylation sites is 1. The molecule has 0 aliphatic carbocycles. The first-order valence-electron chi connectivity index (χ1n) is 11.1. The number of aromatic nitrogens is 2. The third-order valence-electron chi connectivity index (χ3n) is 5.54. The molecule has 1 N–H and O–H groups in total. The summed E-state index contributed by atoms with van der Waals surface area (Å²) in [6, 6.07) is 14.7. The molecule has 7 heteroatoms. The zero-order chi connectivity index (χ0) is 23.1. The summed E-state index contributed by atoms with van der Waals surface area (Å²) >= 11 is 0. The molecular formula is C25H30N2O5. The second-order valence-electron chi connectivity index (χ2n) is 7.50. The highest BCUT2D eigenvalue weighted by molar-refractivity contribution is 5.77. The van der Waals surface area contributed by atoms with Crippen LogP contribution in [0.4, 0.5) is 0 Å². The van der Waals surface area contributed by atoms with E-state index < -0.39 is 12.1 Å². The average Bonchev–Trinajstić information content (AvgIpc) is 2.81. The molecule has 0 saturated heterocycles. The Morgan fingerprint density at radius 1 is 1.09 bits per heavy atom. The van der Waals surface area contributed by atoms with Crippen LogP contribution in [0.25, 0.3) is 10.9 Å². The van der Waals surface area contributed by atoms with Crippen molar-refractivity contribution in [3.8, 4) is 5.75 Å². The first-order chi connectivity index (χ1) is 15.5. The van der Waals surface area contributed by atoms with Gasteiger partial charge in [0.1, 0.15) is 18.2 Å². The maximum absolute atomic E-state index is 12.9. The maximum Gasteiger partial charge on any atom is 0.333 e. The molecule has 7 nitrogen and oxygen atoms in total. The Morgan fingerprint density at radius 3 is 2.44 bits per heavy atom. The molecular weight excluding hydrogens is 408 g/mol. The van der Waals surface area contributed by atoms with Crippen molar-refractivity contribution in [3.63, 3.8) is 0 Å². The fourth-order valence-corrected chi connectivity index (χ4v) is 3.94. The van der Waals surface area contributed by atoms with E-state index in [9.17, 15) is 14.7 Å². The summed E-state index contributed by atoms with van der Waals surface area (Å²) in [4.78, 5) is 29.1. The summed E-state index contributed by atoms with van der Waals surface area (Å²) in [5.74, 6) is 0.192. The molecule has 0 bridgehead atoms. The summed E-state index contributed by atoms with van der Waals surface area (Å²) < 4.78 is 13.0. The van der Waals surface area contributed by atoms with E-state index in [1.165, 1.54) is 0 Å². The predicted molar refractivity (Wildman–Crippen MR) is 123 cm³/mol. The maximum atomic E-state index is 12.9. The number of fused-ring (bicyclic) bond motifs is 1. The van der Waals surface area contributed by atoms with Crippen LogP contribution >= 0.6 is 0 Å². The monoisotopic (exact) mass is 438 g/mol. The molecule has 2 atom stereocenters. The van der Waals surface area contributed by atoms with Crippen molar-refractivity contribution in [2.24, 2.45) is 0 Å².